The van der Waals surface area contributed by atoms with E-state index in [-0.39, 0.29) is 6.04 Å². The van der Waals surface area contributed by atoms with E-state index in [1.807, 2.05) is 0 Å². The maximum absolute atomic E-state index is 12.0. The Morgan fingerprint density at radius 3 is 2.55 bits per heavy atom. The van der Waals surface area contributed by atoms with Crippen molar-refractivity contribution >= 4 is 17.5 Å². The summed E-state index contributed by atoms with van der Waals surface area (Å²) in [6.07, 6.45) is 1.22. The van der Waals surface area contributed by atoms with E-state index in [4.69, 9.17) is 4.84 Å². The van der Waals surface area contributed by atoms with Crippen LogP contribution in [-0.4, -0.2) is 56.2 Å². The molecule has 0 spiro atoms. The molecule has 22 heavy (non-hydrogen) atoms. The topological polar surface area (TPSA) is 118 Å². The average molecular weight is 310 g/mol. The SMILES string of the molecule is O=C(On1c(O)ccc1O)C(=O)C(=O)C1CC2CCCN2O1. The van der Waals surface area contributed by atoms with Gasteiger partial charge in [0, 0.05) is 31.1 Å². The van der Waals surface area contributed by atoms with Crippen LogP contribution >= 0.6 is 0 Å². The molecule has 1 aromatic rings. The number of aromatic hydroxyl groups is 2. The Bertz CT molecular complexity index is 607. The van der Waals surface area contributed by atoms with E-state index in [1.165, 1.54) is 0 Å². The highest BCUT2D eigenvalue weighted by molar-refractivity contribution is 6.63. The molecule has 118 valence electrons. The highest BCUT2D eigenvalue weighted by Gasteiger charge is 2.44. The number of hydroxylamine groups is 2. The fraction of sp³-hybridized carbons (Fsp3) is 0.462. The van der Waals surface area contributed by atoms with Gasteiger partial charge in [-0.05, 0) is 12.8 Å². The van der Waals surface area contributed by atoms with Crippen LogP contribution in [0.5, 0.6) is 11.8 Å². The molecule has 2 aliphatic heterocycles. The molecule has 9 nitrogen and oxygen atoms in total. The monoisotopic (exact) mass is 310 g/mol. The van der Waals surface area contributed by atoms with Crippen LogP contribution in [0.4, 0.5) is 0 Å². The summed E-state index contributed by atoms with van der Waals surface area (Å²) in [5, 5.41) is 20.3. The van der Waals surface area contributed by atoms with Crippen LogP contribution in [0, 0.1) is 0 Å². The van der Waals surface area contributed by atoms with E-state index in [0.717, 1.165) is 25.0 Å². The molecule has 2 saturated heterocycles. The van der Waals surface area contributed by atoms with Gasteiger partial charge in [0.1, 0.15) is 6.10 Å². The number of fused-ring (bicyclic) bond motifs is 1. The highest BCUT2D eigenvalue weighted by Crippen LogP contribution is 2.30. The summed E-state index contributed by atoms with van der Waals surface area (Å²) in [4.78, 5) is 45.3. The number of hydrogen-bond donors (Lipinski definition) is 2. The first-order valence-corrected chi connectivity index (χ1v) is 6.81. The molecule has 0 aliphatic carbocycles. The van der Waals surface area contributed by atoms with Crippen molar-refractivity contribution in [3.05, 3.63) is 12.1 Å². The zero-order chi connectivity index (χ0) is 15.9. The summed E-state index contributed by atoms with van der Waals surface area (Å²) in [6, 6.07) is 2.21. The first-order chi connectivity index (χ1) is 10.5. The number of Topliss-reactive ketones (excluding diaryl/α,β-unsaturated/α-hetero) is 2. The number of hydrogen-bond acceptors (Lipinski definition) is 8. The van der Waals surface area contributed by atoms with E-state index in [2.05, 4.69) is 4.84 Å². The minimum absolute atomic E-state index is 0.0929. The lowest BCUT2D eigenvalue weighted by molar-refractivity contribution is -0.171. The molecule has 2 atom stereocenters. The number of nitrogens with zero attached hydrogens (tertiary/aromatic N) is 2. The van der Waals surface area contributed by atoms with Gasteiger partial charge < -0.3 is 15.1 Å². The number of aromatic nitrogens is 1. The normalized spacial score (nSPS) is 24.2. The van der Waals surface area contributed by atoms with Gasteiger partial charge in [-0.3, -0.25) is 14.4 Å². The molecule has 2 fully saturated rings. The summed E-state index contributed by atoms with van der Waals surface area (Å²) in [7, 11) is 0. The lowest BCUT2D eigenvalue weighted by Gasteiger charge is -2.12. The Labute approximate surface area is 124 Å². The zero-order valence-corrected chi connectivity index (χ0v) is 11.5. The van der Waals surface area contributed by atoms with Crippen LogP contribution in [0.25, 0.3) is 0 Å². The predicted octanol–water partition coefficient (Wildman–Crippen LogP) is -0.839. The van der Waals surface area contributed by atoms with Crippen LogP contribution in [0.3, 0.4) is 0 Å². The lowest BCUT2D eigenvalue weighted by atomic mass is 10.0. The molecule has 2 unspecified atom stereocenters. The first kappa shape index (κ1) is 14.5. The van der Waals surface area contributed by atoms with Crippen molar-refractivity contribution in [2.24, 2.45) is 0 Å². The predicted molar refractivity (Wildman–Crippen MR) is 68.6 cm³/mol. The minimum Gasteiger partial charge on any atom is -0.492 e. The van der Waals surface area contributed by atoms with E-state index in [0.29, 0.717) is 17.7 Å². The van der Waals surface area contributed by atoms with Gasteiger partial charge in [-0.15, -0.1) is 4.73 Å². The van der Waals surface area contributed by atoms with Gasteiger partial charge in [0.2, 0.25) is 17.5 Å². The molecule has 0 saturated carbocycles. The van der Waals surface area contributed by atoms with Gasteiger partial charge in [-0.1, -0.05) is 0 Å². The Morgan fingerprint density at radius 2 is 1.91 bits per heavy atom. The third kappa shape index (κ3) is 2.44. The quantitative estimate of drug-likeness (QED) is 0.546. The molecule has 0 radical (unpaired) electrons. The number of carbonyl (C=O) groups excluding carboxylic acids is 3. The van der Waals surface area contributed by atoms with Gasteiger partial charge in [0.15, 0.2) is 0 Å². The molecule has 0 aromatic carbocycles. The van der Waals surface area contributed by atoms with Crippen LogP contribution in [0.2, 0.25) is 0 Å². The minimum atomic E-state index is -1.50. The maximum atomic E-state index is 12.0. The second-order valence-corrected chi connectivity index (χ2v) is 5.18. The molecule has 0 bridgehead atoms. The Hall–Kier alpha value is -2.39. The van der Waals surface area contributed by atoms with Crippen molar-refractivity contribution in [3.63, 3.8) is 0 Å². The third-order valence-corrected chi connectivity index (χ3v) is 3.75. The van der Waals surface area contributed by atoms with Crippen molar-refractivity contribution in [2.45, 2.75) is 31.4 Å². The molecule has 2 N–H and O–H groups in total. The molecule has 0 amide bonds. The first-order valence-electron chi connectivity index (χ1n) is 6.81. The Kier molecular flexibility index (Phi) is 3.59. The largest absolute Gasteiger partial charge is 0.492 e. The van der Waals surface area contributed by atoms with E-state index >= 15 is 0 Å². The zero-order valence-electron chi connectivity index (χ0n) is 11.5. The summed E-state index contributed by atoms with van der Waals surface area (Å²) in [5.41, 5.74) is 0. The summed E-state index contributed by atoms with van der Waals surface area (Å²) in [6.45, 7) is 0.693. The van der Waals surface area contributed by atoms with Crippen molar-refractivity contribution in [1.82, 2.24) is 9.79 Å². The molecule has 1 aromatic heterocycles. The highest BCUT2D eigenvalue weighted by atomic mass is 16.7. The van der Waals surface area contributed by atoms with E-state index in [1.54, 1.807) is 5.06 Å². The van der Waals surface area contributed by atoms with Crippen LogP contribution in [-0.2, 0) is 19.2 Å². The van der Waals surface area contributed by atoms with Crippen LogP contribution in [0.1, 0.15) is 19.3 Å². The van der Waals surface area contributed by atoms with Crippen molar-refractivity contribution < 1.29 is 34.3 Å². The molecule has 3 heterocycles. The average Bonchev–Trinajstić information content (AvgIpc) is 3.16. The van der Waals surface area contributed by atoms with Crippen molar-refractivity contribution in [1.29, 1.82) is 0 Å². The third-order valence-electron chi connectivity index (χ3n) is 3.75. The Morgan fingerprint density at radius 1 is 1.23 bits per heavy atom. The van der Waals surface area contributed by atoms with Gasteiger partial charge in [0.25, 0.3) is 0 Å². The lowest BCUT2D eigenvalue weighted by Crippen LogP contribution is -2.38. The molecule has 2 aliphatic rings. The van der Waals surface area contributed by atoms with E-state index in [9.17, 15) is 24.6 Å². The van der Waals surface area contributed by atoms with Crippen LogP contribution in [0.15, 0.2) is 12.1 Å². The van der Waals surface area contributed by atoms with Crippen molar-refractivity contribution in [3.8, 4) is 11.8 Å². The smallest absolute Gasteiger partial charge is 0.407 e. The van der Waals surface area contributed by atoms with Crippen LogP contribution < -0.4 is 4.84 Å². The molecular formula is C13H14N2O7. The Balaban J connectivity index is 1.63. The standard InChI is InChI=1S/C13H14N2O7/c16-9-3-4-10(17)15(9)22-13(20)12(19)11(18)8-6-7-2-1-5-14(7)21-8/h3-4,7-8,16-17H,1-2,5-6H2. The molecule has 3 rings (SSSR count). The fourth-order valence-electron chi connectivity index (χ4n) is 2.66. The number of ketones is 2. The van der Waals surface area contributed by atoms with E-state index < -0.39 is 35.4 Å². The second kappa shape index (κ2) is 5.43. The summed E-state index contributed by atoms with van der Waals surface area (Å²) in [5.74, 6) is -5.04. The van der Waals surface area contributed by atoms with Gasteiger partial charge >= 0.3 is 11.8 Å². The summed E-state index contributed by atoms with van der Waals surface area (Å²) >= 11 is 0. The number of rotatable bonds is 4. The number of carbonyl (C=O) groups is 3. The van der Waals surface area contributed by atoms with Gasteiger partial charge in [-0.2, -0.15) is 5.06 Å². The summed E-state index contributed by atoms with van der Waals surface area (Å²) < 4.78 is 0.348. The fourth-order valence-corrected chi connectivity index (χ4v) is 2.66. The maximum Gasteiger partial charge on any atom is 0.407 e. The van der Waals surface area contributed by atoms with Crippen molar-refractivity contribution in [2.75, 3.05) is 6.54 Å². The molecule has 9 heteroatoms. The van der Waals surface area contributed by atoms with Gasteiger partial charge in [-0.25, -0.2) is 4.79 Å². The second-order valence-electron chi connectivity index (χ2n) is 5.18. The van der Waals surface area contributed by atoms with Gasteiger partial charge in [0.05, 0.1) is 0 Å². The molecular weight excluding hydrogens is 296 g/mol.